The fourth-order valence-corrected chi connectivity index (χ4v) is 3.39. The van der Waals surface area contributed by atoms with Gasteiger partial charge in [0.2, 0.25) is 11.8 Å². The third kappa shape index (κ3) is 3.07. The predicted molar refractivity (Wildman–Crippen MR) is 99.0 cm³/mol. The molecule has 3 N–H and O–H groups in total. The largest absolute Gasteiger partial charge is 0.368 e. The van der Waals surface area contributed by atoms with Crippen molar-refractivity contribution < 1.29 is 9.59 Å². The summed E-state index contributed by atoms with van der Waals surface area (Å²) in [6.45, 7) is 0. The van der Waals surface area contributed by atoms with Crippen molar-refractivity contribution in [2.24, 2.45) is 11.7 Å². The summed E-state index contributed by atoms with van der Waals surface area (Å²) in [6, 6.07) is 17.7. The van der Waals surface area contributed by atoms with Crippen LogP contribution in [0.2, 0.25) is 0 Å². The summed E-state index contributed by atoms with van der Waals surface area (Å²) in [6.07, 6.45) is 2.19. The van der Waals surface area contributed by atoms with E-state index in [1.165, 1.54) is 0 Å². The molecule has 0 aliphatic heterocycles. The summed E-state index contributed by atoms with van der Waals surface area (Å²) < 4.78 is 0. The maximum Gasteiger partial charge on any atom is 0.240 e. The highest BCUT2D eigenvalue weighted by Crippen LogP contribution is 2.31. The van der Waals surface area contributed by atoms with Crippen molar-refractivity contribution in [2.75, 3.05) is 0 Å². The lowest BCUT2D eigenvalue weighted by Crippen LogP contribution is -2.46. The second kappa shape index (κ2) is 6.20. The molecule has 25 heavy (non-hydrogen) atoms. The Morgan fingerprint density at radius 3 is 2.08 bits per heavy atom. The molecule has 1 atom stereocenters. The van der Waals surface area contributed by atoms with Gasteiger partial charge in [-0.1, -0.05) is 48.5 Å². The Hall–Kier alpha value is -2.88. The lowest BCUT2D eigenvalue weighted by atomic mass is 9.92. The molecule has 1 saturated carbocycles. The average Bonchev–Trinajstić information content (AvgIpc) is 3.45. The Kier molecular flexibility index (Phi) is 3.88. The molecule has 1 fully saturated rings. The lowest BCUT2D eigenvalue weighted by Gasteiger charge is -2.18. The van der Waals surface area contributed by atoms with Gasteiger partial charge in [-0.05, 0) is 46.0 Å². The topological polar surface area (TPSA) is 72.2 Å². The number of rotatable bonds is 5. The van der Waals surface area contributed by atoms with Gasteiger partial charge in [0.15, 0.2) is 0 Å². The number of nitrogens with two attached hydrogens (primary N) is 1. The molecule has 2 amide bonds. The molecule has 0 radical (unpaired) electrons. The zero-order chi connectivity index (χ0) is 17.4. The van der Waals surface area contributed by atoms with Crippen LogP contribution in [0, 0.1) is 5.92 Å². The number of primary amides is 1. The van der Waals surface area contributed by atoms with E-state index in [9.17, 15) is 9.59 Å². The fraction of sp³-hybridized carbons (Fsp3) is 0.238. The van der Waals surface area contributed by atoms with Crippen molar-refractivity contribution in [1.29, 1.82) is 0 Å². The van der Waals surface area contributed by atoms with E-state index in [1.54, 1.807) is 0 Å². The van der Waals surface area contributed by atoms with Crippen LogP contribution in [0.3, 0.4) is 0 Å². The van der Waals surface area contributed by atoms with Crippen molar-refractivity contribution in [2.45, 2.75) is 25.3 Å². The Morgan fingerprint density at radius 1 is 1.00 bits per heavy atom. The van der Waals surface area contributed by atoms with Gasteiger partial charge in [0, 0.05) is 12.3 Å². The first-order chi connectivity index (χ1) is 12.1. The second-order valence-electron chi connectivity index (χ2n) is 6.74. The van der Waals surface area contributed by atoms with Crippen molar-refractivity contribution in [1.82, 2.24) is 5.32 Å². The van der Waals surface area contributed by atoms with Crippen LogP contribution < -0.4 is 11.1 Å². The van der Waals surface area contributed by atoms with Gasteiger partial charge in [0.05, 0.1) is 0 Å². The molecular formula is C21H20N2O2. The molecule has 0 bridgehead atoms. The zero-order valence-corrected chi connectivity index (χ0v) is 13.9. The van der Waals surface area contributed by atoms with Crippen molar-refractivity contribution in [3.63, 3.8) is 0 Å². The maximum atomic E-state index is 12.1. The average molecular weight is 332 g/mol. The molecule has 0 aromatic heterocycles. The number of fused-ring (bicyclic) bond motifs is 2. The van der Waals surface area contributed by atoms with E-state index in [4.69, 9.17) is 5.73 Å². The smallest absolute Gasteiger partial charge is 0.240 e. The third-order valence-electron chi connectivity index (χ3n) is 4.90. The van der Waals surface area contributed by atoms with E-state index >= 15 is 0 Å². The van der Waals surface area contributed by atoms with Crippen LogP contribution in [0.5, 0.6) is 0 Å². The molecule has 1 aliphatic rings. The summed E-state index contributed by atoms with van der Waals surface area (Å²) in [5.74, 6) is -0.509. The molecule has 0 heterocycles. The van der Waals surface area contributed by atoms with Crippen molar-refractivity contribution >= 4 is 33.4 Å². The first-order valence-electron chi connectivity index (χ1n) is 8.62. The standard InChI is InChI=1S/C21H20N2O2/c22-20(24)19(23-21(25)13-9-10-13)12-18-16-7-3-1-5-14(16)11-15-6-2-4-8-17(15)18/h1-8,11,13,19H,9-10,12H2,(H2,22,24)(H,23,25)/t19-/m0/s1. The van der Waals surface area contributed by atoms with Crippen molar-refractivity contribution in [3.05, 3.63) is 60.2 Å². The molecule has 126 valence electrons. The first kappa shape index (κ1) is 15.6. The minimum absolute atomic E-state index is 0.0473. The van der Waals surface area contributed by atoms with Gasteiger partial charge in [-0.25, -0.2) is 0 Å². The molecule has 4 heteroatoms. The van der Waals surface area contributed by atoms with Crippen LogP contribution in [-0.4, -0.2) is 17.9 Å². The van der Waals surface area contributed by atoms with Crippen LogP contribution in [0.25, 0.3) is 21.5 Å². The summed E-state index contributed by atoms with van der Waals surface area (Å²) in [4.78, 5) is 24.1. The van der Waals surface area contributed by atoms with E-state index < -0.39 is 11.9 Å². The second-order valence-corrected chi connectivity index (χ2v) is 6.74. The highest BCUT2D eigenvalue weighted by atomic mass is 16.2. The number of nitrogens with one attached hydrogen (secondary N) is 1. The van der Waals surface area contributed by atoms with Gasteiger partial charge in [-0.3, -0.25) is 9.59 Å². The third-order valence-corrected chi connectivity index (χ3v) is 4.90. The molecule has 1 aliphatic carbocycles. The minimum atomic E-state index is -0.692. The molecule has 0 spiro atoms. The van der Waals surface area contributed by atoms with Gasteiger partial charge in [-0.2, -0.15) is 0 Å². The SMILES string of the molecule is NC(=O)[C@H](Cc1c2ccccc2cc2ccccc12)NC(=O)C1CC1. The lowest BCUT2D eigenvalue weighted by molar-refractivity contribution is -0.128. The quantitative estimate of drug-likeness (QED) is 0.705. The van der Waals surface area contributed by atoms with Crippen LogP contribution in [0.4, 0.5) is 0 Å². The summed E-state index contributed by atoms with van der Waals surface area (Å²) in [5.41, 5.74) is 6.64. The summed E-state index contributed by atoms with van der Waals surface area (Å²) >= 11 is 0. The Labute approximate surface area is 146 Å². The zero-order valence-electron chi connectivity index (χ0n) is 13.9. The number of hydrogen-bond donors (Lipinski definition) is 2. The number of carbonyl (C=O) groups is 2. The van der Waals surface area contributed by atoms with Crippen LogP contribution >= 0.6 is 0 Å². The van der Waals surface area contributed by atoms with Crippen LogP contribution in [0.1, 0.15) is 18.4 Å². The summed E-state index contributed by atoms with van der Waals surface area (Å²) in [7, 11) is 0. The molecule has 4 nitrogen and oxygen atoms in total. The Morgan fingerprint density at radius 2 is 1.56 bits per heavy atom. The first-order valence-corrected chi connectivity index (χ1v) is 8.62. The van der Waals surface area contributed by atoms with Gasteiger partial charge >= 0.3 is 0 Å². The van der Waals surface area contributed by atoms with Crippen LogP contribution in [0.15, 0.2) is 54.6 Å². The van der Waals surface area contributed by atoms with Gasteiger partial charge < -0.3 is 11.1 Å². The molecule has 0 unspecified atom stereocenters. The number of benzene rings is 3. The van der Waals surface area contributed by atoms with Crippen molar-refractivity contribution in [3.8, 4) is 0 Å². The normalized spacial score (nSPS) is 15.2. The van der Waals surface area contributed by atoms with Gasteiger partial charge in [0.1, 0.15) is 6.04 Å². The number of amides is 2. The monoisotopic (exact) mass is 332 g/mol. The Balaban J connectivity index is 1.79. The van der Waals surface area contributed by atoms with Gasteiger partial charge in [0.25, 0.3) is 0 Å². The Bertz CT molecular complexity index is 922. The number of hydrogen-bond acceptors (Lipinski definition) is 2. The van der Waals surface area contributed by atoms with E-state index in [-0.39, 0.29) is 11.8 Å². The fourth-order valence-electron chi connectivity index (χ4n) is 3.39. The predicted octanol–water partition coefficient (Wildman–Crippen LogP) is 2.92. The summed E-state index contributed by atoms with van der Waals surface area (Å²) in [5, 5.41) is 7.26. The molecule has 3 aromatic carbocycles. The van der Waals surface area contributed by atoms with E-state index in [0.29, 0.717) is 6.42 Å². The van der Waals surface area contributed by atoms with E-state index in [2.05, 4.69) is 35.6 Å². The molecule has 0 saturated heterocycles. The highest BCUT2D eigenvalue weighted by Gasteiger charge is 2.32. The van der Waals surface area contributed by atoms with E-state index in [1.807, 2.05) is 24.3 Å². The maximum absolute atomic E-state index is 12.1. The number of carbonyl (C=O) groups excluding carboxylic acids is 2. The van der Waals surface area contributed by atoms with Crippen LogP contribution in [-0.2, 0) is 16.0 Å². The highest BCUT2D eigenvalue weighted by molar-refractivity contribution is 6.03. The molecule has 3 aromatic rings. The van der Waals surface area contributed by atoms with E-state index in [0.717, 1.165) is 39.9 Å². The van der Waals surface area contributed by atoms with Gasteiger partial charge in [-0.15, -0.1) is 0 Å². The minimum Gasteiger partial charge on any atom is -0.368 e. The molecule has 4 rings (SSSR count). The molecular weight excluding hydrogens is 312 g/mol.